The first kappa shape index (κ1) is 6.30. The van der Waals surface area contributed by atoms with Gasteiger partial charge in [0.15, 0.2) is 0 Å². The molecule has 1 heterocycles. The Morgan fingerprint density at radius 2 is 1.62 bits per heavy atom. The van der Waals surface area contributed by atoms with Crippen LogP contribution in [0.15, 0.2) is 0 Å². The second-order valence-corrected chi connectivity index (χ2v) is 8.49. The largest absolute Gasteiger partial charge is 0.324 e. The van der Waals surface area contributed by atoms with Crippen LogP contribution in [0.4, 0.5) is 0 Å². The van der Waals surface area contributed by atoms with Gasteiger partial charge in [-0.25, -0.2) is 0 Å². The highest BCUT2D eigenvalue weighted by Gasteiger charge is 2.27. The van der Waals surface area contributed by atoms with Crippen molar-refractivity contribution in [1.82, 2.24) is 4.57 Å². The standard InChI is InChI=1S/C6H15NSi/c1-8(2,3)7-5-4-6-7/h4-6H2,1-3H3. The van der Waals surface area contributed by atoms with Crippen LogP contribution in [-0.2, 0) is 0 Å². The minimum Gasteiger partial charge on any atom is -0.324 e. The Hall–Kier alpha value is 0.177. The van der Waals surface area contributed by atoms with Gasteiger partial charge in [-0.1, -0.05) is 19.6 Å². The zero-order valence-electron chi connectivity index (χ0n) is 6.07. The molecule has 0 amide bonds. The van der Waals surface area contributed by atoms with Crippen LogP contribution in [0.25, 0.3) is 0 Å². The number of hydrogen-bond donors (Lipinski definition) is 0. The first-order chi connectivity index (χ1) is 3.61. The van der Waals surface area contributed by atoms with Crippen molar-refractivity contribution in [1.29, 1.82) is 0 Å². The first-order valence-electron chi connectivity index (χ1n) is 3.36. The van der Waals surface area contributed by atoms with Crippen LogP contribution in [0.5, 0.6) is 0 Å². The zero-order valence-corrected chi connectivity index (χ0v) is 7.07. The van der Waals surface area contributed by atoms with Gasteiger partial charge in [-0.05, 0) is 19.5 Å². The van der Waals surface area contributed by atoms with Gasteiger partial charge in [-0.2, -0.15) is 0 Å². The van der Waals surface area contributed by atoms with Crippen molar-refractivity contribution in [2.75, 3.05) is 13.1 Å². The van der Waals surface area contributed by atoms with Crippen LogP contribution in [-0.4, -0.2) is 25.9 Å². The van der Waals surface area contributed by atoms with Gasteiger partial charge in [0.25, 0.3) is 0 Å². The topological polar surface area (TPSA) is 3.24 Å². The van der Waals surface area contributed by atoms with E-state index in [0.717, 1.165) is 0 Å². The first-order valence-corrected chi connectivity index (χ1v) is 6.80. The summed E-state index contributed by atoms with van der Waals surface area (Å²) in [6.45, 7) is 9.97. The maximum absolute atomic E-state index is 2.63. The number of hydrogen-bond acceptors (Lipinski definition) is 1. The van der Waals surface area contributed by atoms with E-state index in [4.69, 9.17) is 0 Å². The molecule has 0 atom stereocenters. The molecule has 2 heteroatoms. The summed E-state index contributed by atoms with van der Waals surface area (Å²) in [5.41, 5.74) is 0. The van der Waals surface area contributed by atoms with Gasteiger partial charge in [0.2, 0.25) is 0 Å². The Kier molecular flexibility index (Phi) is 1.45. The van der Waals surface area contributed by atoms with Crippen LogP contribution in [0, 0.1) is 0 Å². The van der Waals surface area contributed by atoms with Gasteiger partial charge >= 0.3 is 0 Å². The summed E-state index contributed by atoms with van der Waals surface area (Å²) < 4.78 is 2.63. The monoisotopic (exact) mass is 129 g/mol. The summed E-state index contributed by atoms with van der Waals surface area (Å²) in [6.07, 6.45) is 1.43. The van der Waals surface area contributed by atoms with E-state index in [0.29, 0.717) is 0 Å². The SMILES string of the molecule is C[Si](C)(C)N1CCC1. The van der Waals surface area contributed by atoms with Crippen LogP contribution in [0.3, 0.4) is 0 Å². The fraction of sp³-hybridized carbons (Fsp3) is 1.00. The lowest BCUT2D eigenvalue weighted by Crippen LogP contribution is -2.53. The summed E-state index contributed by atoms with van der Waals surface area (Å²) in [5.74, 6) is 0. The highest BCUT2D eigenvalue weighted by molar-refractivity contribution is 6.73. The predicted octanol–water partition coefficient (Wildman–Crippen LogP) is 1.53. The van der Waals surface area contributed by atoms with Crippen LogP contribution in [0.2, 0.25) is 19.6 Å². The molecular formula is C6H15NSi. The van der Waals surface area contributed by atoms with E-state index in [9.17, 15) is 0 Å². The quantitative estimate of drug-likeness (QED) is 0.485. The predicted molar refractivity (Wildman–Crippen MR) is 39.5 cm³/mol. The van der Waals surface area contributed by atoms with E-state index in [1.54, 1.807) is 0 Å². The van der Waals surface area contributed by atoms with Gasteiger partial charge in [0.1, 0.15) is 8.24 Å². The number of rotatable bonds is 1. The summed E-state index contributed by atoms with van der Waals surface area (Å²) in [6, 6.07) is 0. The maximum Gasteiger partial charge on any atom is 0.119 e. The molecule has 0 bridgehead atoms. The third-order valence-corrected chi connectivity index (χ3v) is 4.15. The molecule has 0 aromatic heterocycles. The van der Waals surface area contributed by atoms with Crippen molar-refractivity contribution in [3.8, 4) is 0 Å². The van der Waals surface area contributed by atoms with E-state index in [1.165, 1.54) is 19.5 Å². The lowest BCUT2D eigenvalue weighted by atomic mass is 10.3. The summed E-state index contributed by atoms with van der Waals surface area (Å²) in [7, 11) is -0.840. The molecule has 1 fully saturated rings. The average molecular weight is 129 g/mol. The molecule has 0 aromatic rings. The molecular weight excluding hydrogens is 114 g/mol. The molecule has 0 spiro atoms. The maximum atomic E-state index is 2.63. The summed E-state index contributed by atoms with van der Waals surface area (Å²) in [4.78, 5) is 0. The molecule has 1 rings (SSSR count). The van der Waals surface area contributed by atoms with Crippen LogP contribution < -0.4 is 0 Å². The van der Waals surface area contributed by atoms with Crippen molar-refractivity contribution < 1.29 is 0 Å². The van der Waals surface area contributed by atoms with E-state index in [1.807, 2.05) is 0 Å². The highest BCUT2D eigenvalue weighted by Crippen LogP contribution is 2.16. The minimum absolute atomic E-state index is 0.840. The zero-order chi connectivity index (χ0) is 6.20. The highest BCUT2D eigenvalue weighted by atomic mass is 28.3. The van der Waals surface area contributed by atoms with Gasteiger partial charge in [-0.15, -0.1) is 0 Å². The Labute approximate surface area is 52.8 Å². The molecule has 1 nitrogen and oxygen atoms in total. The second kappa shape index (κ2) is 1.85. The fourth-order valence-electron chi connectivity index (χ4n) is 0.987. The molecule has 0 radical (unpaired) electrons. The van der Waals surface area contributed by atoms with Crippen molar-refractivity contribution in [3.05, 3.63) is 0 Å². The molecule has 0 saturated carbocycles. The smallest absolute Gasteiger partial charge is 0.119 e. The van der Waals surface area contributed by atoms with E-state index >= 15 is 0 Å². The van der Waals surface area contributed by atoms with Gasteiger partial charge in [0.05, 0.1) is 0 Å². The van der Waals surface area contributed by atoms with E-state index < -0.39 is 8.24 Å². The lowest BCUT2D eigenvalue weighted by Gasteiger charge is -2.41. The van der Waals surface area contributed by atoms with Gasteiger partial charge < -0.3 is 4.57 Å². The van der Waals surface area contributed by atoms with Gasteiger partial charge in [0, 0.05) is 0 Å². The molecule has 8 heavy (non-hydrogen) atoms. The van der Waals surface area contributed by atoms with Crippen molar-refractivity contribution in [3.63, 3.8) is 0 Å². The Balaban J connectivity index is 2.34. The molecule has 1 saturated heterocycles. The molecule has 1 aliphatic heterocycles. The van der Waals surface area contributed by atoms with Crippen LogP contribution in [0.1, 0.15) is 6.42 Å². The third-order valence-electron chi connectivity index (χ3n) is 1.80. The lowest BCUT2D eigenvalue weighted by molar-refractivity contribution is 0.304. The number of nitrogens with zero attached hydrogens (tertiary/aromatic N) is 1. The fourth-order valence-corrected chi connectivity index (χ4v) is 2.64. The Bertz CT molecular complexity index is 81.0. The van der Waals surface area contributed by atoms with Crippen LogP contribution >= 0.6 is 0 Å². The van der Waals surface area contributed by atoms with E-state index in [-0.39, 0.29) is 0 Å². The molecule has 0 N–H and O–H groups in total. The van der Waals surface area contributed by atoms with E-state index in [2.05, 4.69) is 24.2 Å². The molecule has 0 aliphatic carbocycles. The Morgan fingerprint density at radius 3 is 1.62 bits per heavy atom. The minimum atomic E-state index is -0.840. The molecule has 0 aromatic carbocycles. The average Bonchev–Trinajstić information content (AvgIpc) is 1.16. The third kappa shape index (κ3) is 1.12. The second-order valence-electron chi connectivity index (χ2n) is 3.51. The summed E-state index contributed by atoms with van der Waals surface area (Å²) >= 11 is 0. The molecule has 0 unspecified atom stereocenters. The Morgan fingerprint density at radius 1 is 1.12 bits per heavy atom. The molecule has 48 valence electrons. The van der Waals surface area contributed by atoms with Crippen molar-refractivity contribution in [2.24, 2.45) is 0 Å². The summed E-state index contributed by atoms with van der Waals surface area (Å²) in [5, 5.41) is 0. The van der Waals surface area contributed by atoms with Crippen molar-refractivity contribution in [2.45, 2.75) is 26.1 Å². The molecule has 1 aliphatic rings. The van der Waals surface area contributed by atoms with Crippen molar-refractivity contribution >= 4 is 8.24 Å². The normalized spacial score (nSPS) is 22.9. The van der Waals surface area contributed by atoms with Gasteiger partial charge in [-0.3, -0.25) is 0 Å².